The first-order valence-corrected chi connectivity index (χ1v) is 8.62. The van der Waals surface area contributed by atoms with Crippen molar-refractivity contribution in [3.8, 4) is 0 Å². The van der Waals surface area contributed by atoms with Gasteiger partial charge in [0.1, 0.15) is 5.03 Å². The number of nitrogens with zero attached hydrogens (tertiary/aromatic N) is 3. The average Bonchev–Trinajstić information content (AvgIpc) is 2.52. The highest BCUT2D eigenvalue weighted by atomic mass is 32.2. The van der Waals surface area contributed by atoms with E-state index in [-0.39, 0.29) is 0 Å². The zero-order valence-electron chi connectivity index (χ0n) is 13.1. The fourth-order valence-corrected chi connectivity index (χ4v) is 3.23. The van der Waals surface area contributed by atoms with E-state index in [4.69, 9.17) is 0 Å². The third-order valence-corrected chi connectivity index (χ3v) is 4.42. The first-order chi connectivity index (χ1) is 10.3. The molecule has 4 nitrogen and oxygen atoms in total. The molecule has 0 aliphatic rings. The molecule has 1 heterocycles. The molecule has 1 aromatic carbocycles. The molecule has 21 heavy (non-hydrogen) atoms. The maximum Gasteiger partial charge on any atom is 0.224 e. The Balaban J connectivity index is 2.16. The number of aromatic nitrogens is 2. The van der Waals surface area contributed by atoms with E-state index in [2.05, 4.69) is 47.0 Å². The van der Waals surface area contributed by atoms with Gasteiger partial charge < -0.3 is 10.2 Å². The molecular weight excluding hydrogens is 280 g/mol. The van der Waals surface area contributed by atoms with Gasteiger partial charge in [-0.15, -0.1) is 11.8 Å². The van der Waals surface area contributed by atoms with E-state index >= 15 is 0 Å². The molecule has 0 aliphatic carbocycles. The highest BCUT2D eigenvalue weighted by Crippen LogP contribution is 2.26. The summed E-state index contributed by atoms with van der Waals surface area (Å²) in [5.74, 6) is 1.77. The number of nitrogens with one attached hydrogen (secondary N) is 1. The van der Waals surface area contributed by atoms with Gasteiger partial charge in [0.25, 0.3) is 0 Å². The number of fused-ring (bicyclic) bond motifs is 1. The van der Waals surface area contributed by atoms with Crippen molar-refractivity contribution in [2.75, 3.05) is 37.2 Å². The summed E-state index contributed by atoms with van der Waals surface area (Å²) in [6.45, 7) is 10.6. The smallest absolute Gasteiger partial charge is 0.224 e. The lowest BCUT2D eigenvalue weighted by atomic mass is 10.2. The number of para-hydroxylation sites is 1. The summed E-state index contributed by atoms with van der Waals surface area (Å²) in [5.41, 5.74) is 1.01. The molecule has 0 amide bonds. The summed E-state index contributed by atoms with van der Waals surface area (Å²) in [6.07, 6.45) is 0. The van der Waals surface area contributed by atoms with Crippen LogP contribution < -0.4 is 5.32 Å². The second kappa shape index (κ2) is 8.20. The van der Waals surface area contributed by atoms with E-state index < -0.39 is 0 Å². The van der Waals surface area contributed by atoms with Gasteiger partial charge >= 0.3 is 0 Å². The minimum atomic E-state index is 0.724. The molecule has 0 unspecified atom stereocenters. The Labute approximate surface area is 131 Å². The Hall–Kier alpha value is -1.33. The maximum atomic E-state index is 4.66. The Morgan fingerprint density at radius 2 is 1.86 bits per heavy atom. The molecule has 0 saturated heterocycles. The van der Waals surface area contributed by atoms with Crippen molar-refractivity contribution in [2.45, 2.75) is 25.8 Å². The van der Waals surface area contributed by atoms with Crippen LogP contribution in [0.5, 0.6) is 0 Å². The van der Waals surface area contributed by atoms with Crippen molar-refractivity contribution in [3.05, 3.63) is 24.3 Å². The molecule has 0 fully saturated rings. The van der Waals surface area contributed by atoms with Crippen molar-refractivity contribution in [1.82, 2.24) is 14.9 Å². The SMILES string of the molecule is CCNc1nc(SCCN(CC)CC)c2ccccc2n1. The van der Waals surface area contributed by atoms with Gasteiger partial charge in [0, 0.05) is 24.2 Å². The predicted octanol–water partition coefficient (Wildman–Crippen LogP) is 3.50. The molecule has 2 aromatic rings. The molecule has 1 N–H and O–H groups in total. The Morgan fingerprint density at radius 3 is 2.57 bits per heavy atom. The lowest BCUT2D eigenvalue weighted by Gasteiger charge is -2.17. The van der Waals surface area contributed by atoms with Gasteiger partial charge in [-0.3, -0.25) is 0 Å². The zero-order chi connectivity index (χ0) is 15.1. The van der Waals surface area contributed by atoms with Crippen molar-refractivity contribution in [1.29, 1.82) is 0 Å². The summed E-state index contributed by atoms with van der Waals surface area (Å²) in [4.78, 5) is 11.6. The van der Waals surface area contributed by atoms with E-state index in [0.29, 0.717) is 0 Å². The van der Waals surface area contributed by atoms with E-state index in [1.54, 1.807) is 0 Å². The van der Waals surface area contributed by atoms with Crippen LogP contribution in [0.2, 0.25) is 0 Å². The van der Waals surface area contributed by atoms with Crippen LogP contribution in [0.15, 0.2) is 29.3 Å². The van der Waals surface area contributed by atoms with Gasteiger partial charge in [0.15, 0.2) is 0 Å². The van der Waals surface area contributed by atoms with Gasteiger partial charge in [0.2, 0.25) is 5.95 Å². The van der Waals surface area contributed by atoms with Crippen LogP contribution in [0.4, 0.5) is 5.95 Å². The number of hydrogen-bond acceptors (Lipinski definition) is 5. The molecule has 0 atom stereocenters. The Kier molecular flexibility index (Phi) is 6.26. The number of hydrogen-bond donors (Lipinski definition) is 1. The summed E-state index contributed by atoms with van der Waals surface area (Å²) in [7, 11) is 0. The summed E-state index contributed by atoms with van der Waals surface area (Å²) >= 11 is 1.82. The first kappa shape index (κ1) is 16.0. The van der Waals surface area contributed by atoms with Crippen LogP contribution in [0.25, 0.3) is 10.9 Å². The van der Waals surface area contributed by atoms with Gasteiger partial charge in [-0.25, -0.2) is 9.97 Å². The van der Waals surface area contributed by atoms with E-state index in [0.717, 1.165) is 53.8 Å². The summed E-state index contributed by atoms with van der Waals surface area (Å²) < 4.78 is 0. The van der Waals surface area contributed by atoms with Gasteiger partial charge in [0.05, 0.1) is 5.52 Å². The molecule has 0 bridgehead atoms. The fraction of sp³-hybridized carbons (Fsp3) is 0.500. The minimum Gasteiger partial charge on any atom is -0.354 e. The highest BCUT2D eigenvalue weighted by molar-refractivity contribution is 7.99. The number of rotatable bonds is 8. The van der Waals surface area contributed by atoms with Gasteiger partial charge in [-0.2, -0.15) is 0 Å². The zero-order valence-corrected chi connectivity index (χ0v) is 13.9. The van der Waals surface area contributed by atoms with Crippen LogP contribution in [-0.4, -0.2) is 46.8 Å². The topological polar surface area (TPSA) is 41.1 Å². The van der Waals surface area contributed by atoms with Crippen LogP contribution in [0.3, 0.4) is 0 Å². The standard InChI is InChI=1S/C16H24N4S/c1-4-17-16-18-14-10-8-7-9-13(14)15(19-16)21-12-11-20(5-2)6-3/h7-10H,4-6,11-12H2,1-3H3,(H,17,18,19). The van der Waals surface area contributed by atoms with Crippen LogP contribution in [0, 0.1) is 0 Å². The molecule has 5 heteroatoms. The molecule has 0 aliphatic heterocycles. The second-order valence-corrected chi connectivity index (χ2v) is 5.86. The molecule has 114 valence electrons. The molecule has 0 saturated carbocycles. The largest absolute Gasteiger partial charge is 0.354 e. The second-order valence-electron chi connectivity index (χ2n) is 4.78. The number of benzene rings is 1. The first-order valence-electron chi connectivity index (χ1n) is 7.64. The quantitative estimate of drug-likeness (QED) is 0.597. The highest BCUT2D eigenvalue weighted by Gasteiger charge is 2.08. The average molecular weight is 304 g/mol. The summed E-state index contributed by atoms with van der Waals surface area (Å²) in [6, 6.07) is 8.22. The molecule has 2 rings (SSSR count). The molecule has 0 radical (unpaired) electrons. The predicted molar refractivity (Wildman–Crippen MR) is 92.2 cm³/mol. The van der Waals surface area contributed by atoms with Crippen LogP contribution in [0.1, 0.15) is 20.8 Å². The lowest BCUT2D eigenvalue weighted by molar-refractivity contribution is 0.324. The summed E-state index contributed by atoms with van der Waals surface area (Å²) in [5, 5.41) is 5.43. The third kappa shape index (κ3) is 4.32. The third-order valence-electron chi connectivity index (χ3n) is 3.44. The molecular formula is C16H24N4S. The van der Waals surface area contributed by atoms with Gasteiger partial charge in [-0.05, 0) is 26.1 Å². The van der Waals surface area contributed by atoms with E-state index in [1.165, 1.54) is 0 Å². The number of thioether (sulfide) groups is 1. The van der Waals surface area contributed by atoms with Crippen molar-refractivity contribution < 1.29 is 0 Å². The lowest BCUT2D eigenvalue weighted by Crippen LogP contribution is -2.25. The normalized spacial score (nSPS) is 11.2. The minimum absolute atomic E-state index is 0.724. The Bertz CT molecular complexity index is 569. The molecule has 0 spiro atoms. The molecule has 1 aromatic heterocycles. The van der Waals surface area contributed by atoms with Crippen molar-refractivity contribution >= 4 is 28.6 Å². The van der Waals surface area contributed by atoms with Crippen molar-refractivity contribution in [3.63, 3.8) is 0 Å². The van der Waals surface area contributed by atoms with E-state index in [9.17, 15) is 0 Å². The maximum absolute atomic E-state index is 4.66. The Morgan fingerprint density at radius 1 is 1.10 bits per heavy atom. The van der Waals surface area contributed by atoms with E-state index in [1.807, 2.05) is 30.0 Å². The number of anilines is 1. The van der Waals surface area contributed by atoms with Gasteiger partial charge in [-0.1, -0.05) is 32.0 Å². The van der Waals surface area contributed by atoms with Crippen LogP contribution in [-0.2, 0) is 0 Å². The van der Waals surface area contributed by atoms with Crippen LogP contribution >= 0.6 is 11.8 Å². The van der Waals surface area contributed by atoms with Crippen molar-refractivity contribution in [2.24, 2.45) is 0 Å². The fourth-order valence-electron chi connectivity index (χ4n) is 2.21. The monoisotopic (exact) mass is 304 g/mol.